The van der Waals surface area contributed by atoms with Crippen molar-refractivity contribution in [2.45, 2.75) is 71.0 Å². The number of rotatable bonds is 5. The number of sulfone groups is 2. The van der Waals surface area contributed by atoms with Crippen molar-refractivity contribution in [2.24, 2.45) is 10.8 Å². The van der Waals surface area contributed by atoms with Gasteiger partial charge in [0.2, 0.25) is 0 Å². The summed E-state index contributed by atoms with van der Waals surface area (Å²) >= 11 is 3.27. The monoisotopic (exact) mass is 574 g/mol. The van der Waals surface area contributed by atoms with E-state index in [1.807, 2.05) is 65.8 Å². The van der Waals surface area contributed by atoms with Gasteiger partial charge < -0.3 is 0 Å². The molecule has 0 N–H and O–H groups in total. The van der Waals surface area contributed by atoms with E-state index in [1.165, 1.54) is 5.19 Å². The Morgan fingerprint density at radius 3 is 1.45 bits per heavy atom. The number of hydrogen-bond acceptors (Lipinski definition) is 4. The van der Waals surface area contributed by atoms with Crippen LogP contribution >= 0.6 is 15.9 Å². The fourth-order valence-corrected chi connectivity index (χ4v) is 8.76. The van der Waals surface area contributed by atoms with Crippen molar-refractivity contribution in [1.82, 2.24) is 0 Å². The molecule has 4 nitrogen and oxygen atoms in total. The van der Waals surface area contributed by atoms with Gasteiger partial charge in [-0.05, 0) is 41.2 Å². The highest BCUT2D eigenvalue weighted by molar-refractivity contribution is 9.10. The third-order valence-electron chi connectivity index (χ3n) is 4.46. The number of halogens is 1. The summed E-state index contributed by atoms with van der Waals surface area (Å²) in [7, 11) is -7.82. The third-order valence-corrected chi connectivity index (χ3v) is 11.4. The molecule has 0 spiro atoms. The van der Waals surface area contributed by atoms with Gasteiger partial charge in [0.15, 0.2) is 19.7 Å². The Hall–Kier alpha value is -0.963. The quantitative estimate of drug-likeness (QED) is 0.392. The van der Waals surface area contributed by atoms with Crippen molar-refractivity contribution in [1.29, 1.82) is 0 Å². The SMILES string of the molecule is CC(C)(C)CS(=O)(=O)c1cccc(Br)c1.CC(C)(C)CS(=O)(=O)c1cccc([Si](C)(C)C)c1. The molecule has 0 atom stereocenters. The van der Waals surface area contributed by atoms with Crippen molar-refractivity contribution in [3.63, 3.8) is 0 Å². The van der Waals surface area contributed by atoms with Crippen molar-refractivity contribution in [3.8, 4) is 0 Å². The van der Waals surface area contributed by atoms with Gasteiger partial charge in [0.05, 0.1) is 29.4 Å². The molecule has 0 aliphatic heterocycles. The summed E-state index contributed by atoms with van der Waals surface area (Å²) in [6.45, 7) is 18.3. The minimum absolute atomic E-state index is 0.163. The minimum atomic E-state index is -3.18. The molecule has 0 bridgehead atoms. The molecule has 0 radical (unpaired) electrons. The molecule has 0 aliphatic carbocycles. The van der Waals surface area contributed by atoms with Crippen LogP contribution in [-0.2, 0) is 19.7 Å². The molecule has 2 rings (SSSR count). The fraction of sp³-hybridized carbons (Fsp3) is 0.520. The van der Waals surface area contributed by atoms with Crippen LogP contribution in [0.1, 0.15) is 41.5 Å². The fourth-order valence-electron chi connectivity index (χ4n) is 3.12. The molecule has 0 heterocycles. The van der Waals surface area contributed by atoms with Gasteiger partial charge in [-0.2, -0.15) is 0 Å². The summed E-state index contributed by atoms with van der Waals surface area (Å²) in [5.74, 6) is 0.353. The standard InChI is InChI=1S/C14H24O2SSi.C11H15BrO2S/c1-14(2,3)11-17(15,16)12-8-7-9-13(10-12)18(4,5)6;1-11(2,3)8-15(13,14)10-6-4-5-9(12)7-10/h7-10H,11H2,1-6H3;4-7H,8H2,1-3H3. The van der Waals surface area contributed by atoms with Crippen LogP contribution < -0.4 is 5.19 Å². The van der Waals surface area contributed by atoms with Crippen molar-refractivity contribution >= 4 is 48.9 Å². The molecule has 2 aromatic rings. The highest BCUT2D eigenvalue weighted by atomic mass is 79.9. The average Bonchev–Trinajstić information content (AvgIpc) is 2.58. The van der Waals surface area contributed by atoms with Crippen molar-refractivity contribution < 1.29 is 16.8 Å². The number of hydrogen-bond donors (Lipinski definition) is 0. The van der Waals surface area contributed by atoms with Gasteiger partial charge in [0.1, 0.15) is 0 Å². The van der Waals surface area contributed by atoms with Gasteiger partial charge in [0.25, 0.3) is 0 Å². The maximum Gasteiger partial charge on any atom is 0.178 e. The van der Waals surface area contributed by atoms with Crippen LogP contribution in [-0.4, -0.2) is 36.4 Å². The first-order valence-electron chi connectivity index (χ1n) is 10.9. The Morgan fingerprint density at radius 1 is 0.697 bits per heavy atom. The van der Waals surface area contributed by atoms with Crippen LogP contribution in [0.5, 0.6) is 0 Å². The van der Waals surface area contributed by atoms with Gasteiger partial charge in [-0.25, -0.2) is 16.8 Å². The first-order valence-corrected chi connectivity index (χ1v) is 18.5. The molecule has 0 aliphatic rings. The molecule has 33 heavy (non-hydrogen) atoms. The molecule has 186 valence electrons. The Bertz CT molecular complexity index is 1150. The smallest absolute Gasteiger partial charge is 0.178 e. The first kappa shape index (κ1) is 30.1. The maximum absolute atomic E-state index is 12.3. The van der Waals surface area contributed by atoms with Crippen molar-refractivity contribution in [2.75, 3.05) is 11.5 Å². The predicted molar refractivity (Wildman–Crippen MR) is 147 cm³/mol. The Kier molecular flexibility index (Phi) is 9.80. The van der Waals surface area contributed by atoms with E-state index >= 15 is 0 Å². The van der Waals surface area contributed by atoms with Gasteiger partial charge in [0, 0.05) is 4.47 Å². The first-order chi connectivity index (χ1) is 14.6. The number of benzene rings is 2. The molecule has 0 saturated heterocycles. The van der Waals surface area contributed by atoms with E-state index in [2.05, 4.69) is 35.6 Å². The van der Waals surface area contributed by atoms with E-state index in [0.717, 1.165) is 4.47 Å². The topological polar surface area (TPSA) is 68.3 Å². The summed E-state index contributed by atoms with van der Waals surface area (Å²) in [5.41, 5.74) is -0.435. The van der Waals surface area contributed by atoms with E-state index < -0.39 is 27.7 Å². The predicted octanol–water partition coefficient (Wildman–Crippen LogP) is 6.32. The van der Waals surface area contributed by atoms with E-state index in [4.69, 9.17) is 0 Å². The molecular formula is C25H39BrO4S2Si. The van der Waals surface area contributed by atoms with Crippen LogP contribution in [0.2, 0.25) is 19.6 Å². The summed E-state index contributed by atoms with van der Waals surface area (Å²) in [5, 5.41) is 1.19. The lowest BCUT2D eigenvalue weighted by atomic mass is 10.0. The zero-order chi connectivity index (χ0) is 25.9. The highest BCUT2D eigenvalue weighted by Crippen LogP contribution is 2.24. The third kappa shape index (κ3) is 10.9. The lowest BCUT2D eigenvalue weighted by molar-refractivity contribution is 0.460. The molecule has 0 amide bonds. The summed E-state index contributed by atoms with van der Waals surface area (Å²) in [6.07, 6.45) is 0. The van der Waals surface area contributed by atoms with E-state index in [1.54, 1.807) is 24.3 Å². The van der Waals surface area contributed by atoms with Crippen LogP contribution in [0.15, 0.2) is 62.8 Å². The summed E-state index contributed by atoms with van der Waals surface area (Å²) < 4.78 is 49.4. The lowest BCUT2D eigenvalue weighted by Gasteiger charge is -2.20. The zero-order valence-electron chi connectivity index (χ0n) is 21.4. The molecule has 0 aromatic heterocycles. The van der Waals surface area contributed by atoms with Crippen LogP contribution in [0.25, 0.3) is 0 Å². The summed E-state index contributed by atoms with van der Waals surface area (Å²) in [6, 6.07) is 14.3. The van der Waals surface area contributed by atoms with E-state index in [-0.39, 0.29) is 22.3 Å². The van der Waals surface area contributed by atoms with E-state index in [0.29, 0.717) is 9.79 Å². The van der Waals surface area contributed by atoms with Crippen LogP contribution in [0, 0.1) is 10.8 Å². The molecule has 8 heteroatoms. The van der Waals surface area contributed by atoms with Gasteiger partial charge in [-0.3, -0.25) is 0 Å². The minimum Gasteiger partial charge on any atom is -0.224 e. The van der Waals surface area contributed by atoms with Crippen LogP contribution in [0.4, 0.5) is 0 Å². The molecule has 0 unspecified atom stereocenters. The molecule has 0 saturated carbocycles. The maximum atomic E-state index is 12.3. The second kappa shape index (κ2) is 10.8. The van der Waals surface area contributed by atoms with Gasteiger partial charge in [-0.15, -0.1) is 0 Å². The van der Waals surface area contributed by atoms with Crippen LogP contribution in [0.3, 0.4) is 0 Å². The van der Waals surface area contributed by atoms with E-state index in [9.17, 15) is 16.8 Å². The summed E-state index contributed by atoms with van der Waals surface area (Å²) in [4.78, 5) is 0.851. The Labute approximate surface area is 211 Å². The Morgan fingerprint density at radius 2 is 1.09 bits per heavy atom. The zero-order valence-corrected chi connectivity index (χ0v) is 25.6. The molecule has 0 fully saturated rings. The van der Waals surface area contributed by atoms with Gasteiger partial charge >= 0.3 is 0 Å². The largest absolute Gasteiger partial charge is 0.224 e. The molecule has 2 aromatic carbocycles. The highest BCUT2D eigenvalue weighted by Gasteiger charge is 2.25. The van der Waals surface area contributed by atoms with Crippen molar-refractivity contribution in [3.05, 3.63) is 53.0 Å². The normalized spacial score (nSPS) is 13.3. The Balaban J connectivity index is 0.000000335. The lowest BCUT2D eigenvalue weighted by Crippen LogP contribution is -2.38. The second-order valence-electron chi connectivity index (χ2n) is 11.9. The molecular weight excluding hydrogens is 536 g/mol. The van der Waals surface area contributed by atoms with Gasteiger partial charge in [-0.1, -0.05) is 100 Å². The average molecular weight is 576 g/mol. The second-order valence-corrected chi connectivity index (χ2v) is 21.8.